The Hall–Kier alpha value is -1.90. The largest absolute Gasteiger partial charge is 0.324 e. The van der Waals surface area contributed by atoms with Crippen molar-refractivity contribution in [3.8, 4) is 0 Å². The van der Waals surface area contributed by atoms with Gasteiger partial charge >= 0.3 is 0 Å². The zero-order valence-corrected chi connectivity index (χ0v) is 11.9. The summed E-state index contributed by atoms with van der Waals surface area (Å²) in [5.41, 5.74) is 4.68. The first kappa shape index (κ1) is 13.5. The summed E-state index contributed by atoms with van der Waals surface area (Å²) in [5, 5.41) is 3.25. The van der Waals surface area contributed by atoms with Crippen LogP contribution in [0.2, 0.25) is 0 Å². The molecule has 1 heterocycles. The lowest BCUT2D eigenvalue weighted by Gasteiger charge is -2.09. The first-order chi connectivity index (χ1) is 9.22. The minimum atomic E-state index is 0.681. The molecule has 0 atom stereocenters. The van der Waals surface area contributed by atoms with Crippen molar-refractivity contribution in [2.45, 2.75) is 40.0 Å². The van der Waals surface area contributed by atoms with E-state index in [1.165, 1.54) is 11.1 Å². The van der Waals surface area contributed by atoms with Gasteiger partial charge in [-0.25, -0.2) is 9.97 Å². The predicted molar refractivity (Wildman–Crippen MR) is 79.9 cm³/mol. The maximum atomic E-state index is 4.61. The molecule has 100 valence electrons. The molecule has 0 unspecified atom stereocenters. The molecule has 0 radical (unpaired) electrons. The molecule has 0 aliphatic carbocycles. The number of aromatic nitrogens is 2. The summed E-state index contributed by atoms with van der Waals surface area (Å²) in [4.78, 5) is 9.01. The molecule has 1 aromatic heterocycles. The maximum Gasteiger partial charge on any atom is 0.227 e. The van der Waals surface area contributed by atoms with E-state index in [1.54, 1.807) is 0 Å². The van der Waals surface area contributed by atoms with E-state index in [0.717, 1.165) is 30.6 Å². The summed E-state index contributed by atoms with van der Waals surface area (Å²) in [7, 11) is 0. The van der Waals surface area contributed by atoms with Gasteiger partial charge < -0.3 is 5.32 Å². The number of hydrogen-bond acceptors (Lipinski definition) is 3. The van der Waals surface area contributed by atoms with Crippen molar-refractivity contribution in [3.63, 3.8) is 0 Å². The molecule has 0 saturated carbocycles. The van der Waals surface area contributed by atoms with Crippen molar-refractivity contribution in [2.24, 2.45) is 0 Å². The van der Waals surface area contributed by atoms with Crippen LogP contribution in [0.15, 0.2) is 30.5 Å². The fourth-order valence-corrected chi connectivity index (χ4v) is 2.05. The van der Waals surface area contributed by atoms with Crippen LogP contribution in [0.5, 0.6) is 0 Å². The van der Waals surface area contributed by atoms with E-state index >= 15 is 0 Å². The fraction of sp³-hybridized carbons (Fsp3) is 0.375. The molecule has 3 nitrogen and oxygen atoms in total. The van der Waals surface area contributed by atoms with Crippen molar-refractivity contribution >= 4 is 11.6 Å². The van der Waals surface area contributed by atoms with Crippen LogP contribution in [-0.4, -0.2) is 9.97 Å². The lowest BCUT2D eigenvalue weighted by Crippen LogP contribution is -2.03. The number of aryl methyl sites for hydroxylation is 3. The van der Waals surface area contributed by atoms with Gasteiger partial charge in [0.15, 0.2) is 0 Å². The van der Waals surface area contributed by atoms with Gasteiger partial charge in [0.05, 0.1) is 0 Å². The van der Waals surface area contributed by atoms with E-state index in [1.807, 2.05) is 18.3 Å². The summed E-state index contributed by atoms with van der Waals surface area (Å²) in [6.45, 7) is 6.39. The Bertz CT molecular complexity index is 532. The van der Waals surface area contributed by atoms with Crippen molar-refractivity contribution in [1.29, 1.82) is 0 Å². The van der Waals surface area contributed by atoms with Crippen LogP contribution in [0.25, 0.3) is 0 Å². The van der Waals surface area contributed by atoms with Gasteiger partial charge in [0.25, 0.3) is 0 Å². The van der Waals surface area contributed by atoms with Gasteiger partial charge in [0.1, 0.15) is 0 Å². The molecule has 0 saturated heterocycles. The first-order valence-corrected chi connectivity index (χ1v) is 6.91. The van der Waals surface area contributed by atoms with Gasteiger partial charge in [-0.15, -0.1) is 0 Å². The molecule has 1 aromatic carbocycles. The third-order valence-electron chi connectivity index (χ3n) is 3.12. The highest BCUT2D eigenvalue weighted by molar-refractivity contribution is 5.53. The van der Waals surface area contributed by atoms with Crippen LogP contribution in [0.1, 0.15) is 37.1 Å². The Kier molecular flexibility index (Phi) is 4.50. The lowest BCUT2D eigenvalue weighted by atomic mass is 10.1. The second-order valence-corrected chi connectivity index (χ2v) is 4.76. The van der Waals surface area contributed by atoms with Gasteiger partial charge in [-0.2, -0.15) is 0 Å². The monoisotopic (exact) mass is 255 g/mol. The molecular weight excluding hydrogens is 234 g/mol. The van der Waals surface area contributed by atoms with Gasteiger partial charge in [0.2, 0.25) is 5.95 Å². The number of hydrogen-bond donors (Lipinski definition) is 1. The summed E-state index contributed by atoms with van der Waals surface area (Å²) in [6.07, 6.45) is 5.07. The van der Waals surface area contributed by atoms with Crippen LogP contribution in [0, 0.1) is 6.92 Å². The zero-order valence-electron chi connectivity index (χ0n) is 11.9. The average Bonchev–Trinajstić information content (AvgIpc) is 2.43. The van der Waals surface area contributed by atoms with E-state index in [0.29, 0.717) is 5.95 Å². The Labute approximate surface area is 115 Å². The second kappa shape index (κ2) is 6.32. The van der Waals surface area contributed by atoms with Crippen molar-refractivity contribution in [1.82, 2.24) is 9.97 Å². The van der Waals surface area contributed by atoms with Gasteiger partial charge in [-0.05, 0) is 37.5 Å². The molecule has 0 spiro atoms. The predicted octanol–water partition coefficient (Wildman–Crippen LogP) is 4.04. The summed E-state index contributed by atoms with van der Waals surface area (Å²) in [5.74, 6) is 0.681. The molecule has 0 aliphatic heterocycles. The molecule has 2 rings (SSSR count). The number of anilines is 2. The van der Waals surface area contributed by atoms with E-state index in [4.69, 9.17) is 0 Å². The highest BCUT2D eigenvalue weighted by atomic mass is 15.1. The van der Waals surface area contributed by atoms with Gasteiger partial charge in [-0.1, -0.05) is 38.0 Å². The first-order valence-electron chi connectivity index (χ1n) is 6.91. The third kappa shape index (κ3) is 3.53. The molecule has 3 heteroatoms. The van der Waals surface area contributed by atoms with Crippen LogP contribution >= 0.6 is 0 Å². The highest BCUT2D eigenvalue weighted by Gasteiger charge is 2.05. The van der Waals surface area contributed by atoms with Crippen molar-refractivity contribution in [2.75, 3.05) is 5.32 Å². The molecule has 2 aromatic rings. The quantitative estimate of drug-likeness (QED) is 0.876. The standard InChI is InChI=1S/C16H21N3/c1-4-6-13-11-17-16(19-15(13)5-2)18-14-9-7-12(3)8-10-14/h7-11H,4-6H2,1-3H3,(H,17,18,19). The number of nitrogens with zero attached hydrogens (tertiary/aromatic N) is 2. The summed E-state index contributed by atoms with van der Waals surface area (Å²) in [6, 6.07) is 8.25. The van der Waals surface area contributed by atoms with E-state index in [-0.39, 0.29) is 0 Å². The molecule has 19 heavy (non-hydrogen) atoms. The fourth-order valence-electron chi connectivity index (χ4n) is 2.05. The Morgan fingerprint density at radius 1 is 1.11 bits per heavy atom. The molecule has 0 amide bonds. The number of nitrogens with one attached hydrogen (secondary N) is 1. The minimum absolute atomic E-state index is 0.681. The SMILES string of the molecule is CCCc1cnc(Nc2ccc(C)cc2)nc1CC. The molecule has 0 fully saturated rings. The topological polar surface area (TPSA) is 37.8 Å². The van der Waals surface area contributed by atoms with Gasteiger partial charge in [0, 0.05) is 17.6 Å². The second-order valence-electron chi connectivity index (χ2n) is 4.76. The smallest absolute Gasteiger partial charge is 0.227 e. The summed E-state index contributed by atoms with van der Waals surface area (Å²) >= 11 is 0. The Balaban J connectivity index is 2.18. The van der Waals surface area contributed by atoms with Crippen LogP contribution in [0.3, 0.4) is 0 Å². The van der Waals surface area contributed by atoms with Crippen LogP contribution in [-0.2, 0) is 12.8 Å². The molecule has 0 aliphatic rings. The highest BCUT2D eigenvalue weighted by Crippen LogP contribution is 2.16. The zero-order chi connectivity index (χ0) is 13.7. The van der Waals surface area contributed by atoms with Crippen molar-refractivity contribution in [3.05, 3.63) is 47.3 Å². The number of benzene rings is 1. The lowest BCUT2D eigenvalue weighted by molar-refractivity contribution is 0.861. The van der Waals surface area contributed by atoms with E-state index < -0.39 is 0 Å². The Morgan fingerprint density at radius 3 is 2.47 bits per heavy atom. The Morgan fingerprint density at radius 2 is 1.84 bits per heavy atom. The maximum absolute atomic E-state index is 4.61. The number of rotatable bonds is 5. The third-order valence-corrected chi connectivity index (χ3v) is 3.12. The van der Waals surface area contributed by atoms with Gasteiger partial charge in [-0.3, -0.25) is 0 Å². The van der Waals surface area contributed by atoms with Crippen LogP contribution in [0.4, 0.5) is 11.6 Å². The van der Waals surface area contributed by atoms with Crippen molar-refractivity contribution < 1.29 is 0 Å². The van der Waals surface area contributed by atoms with E-state index in [9.17, 15) is 0 Å². The normalized spacial score (nSPS) is 10.5. The molecule has 1 N–H and O–H groups in total. The minimum Gasteiger partial charge on any atom is -0.324 e. The molecular formula is C16H21N3. The molecule has 0 bridgehead atoms. The van der Waals surface area contributed by atoms with Crippen LogP contribution < -0.4 is 5.32 Å². The summed E-state index contributed by atoms with van der Waals surface area (Å²) < 4.78 is 0. The average molecular weight is 255 g/mol. The van der Waals surface area contributed by atoms with E-state index in [2.05, 4.69) is 48.2 Å².